The summed E-state index contributed by atoms with van der Waals surface area (Å²) in [5.74, 6) is -2.39. The number of amides is 1. The average Bonchev–Trinajstić information content (AvgIpc) is 3.55. The summed E-state index contributed by atoms with van der Waals surface area (Å²) in [5, 5.41) is 10.3. The van der Waals surface area contributed by atoms with Gasteiger partial charge < -0.3 is 16.0 Å². The van der Waals surface area contributed by atoms with Gasteiger partial charge in [0.15, 0.2) is 11.6 Å². The molecule has 0 bridgehead atoms. The molecule has 0 spiro atoms. The first kappa shape index (κ1) is 20.8. The zero-order chi connectivity index (χ0) is 22.3. The molecule has 164 valence electrons. The molecule has 32 heavy (non-hydrogen) atoms. The third-order valence-corrected chi connectivity index (χ3v) is 6.43. The molecule has 4 nitrogen and oxygen atoms in total. The molecule has 1 heterocycles. The van der Waals surface area contributed by atoms with Gasteiger partial charge in [0.1, 0.15) is 5.66 Å². The lowest BCUT2D eigenvalue weighted by atomic mass is 9.81. The third kappa shape index (κ3) is 3.79. The van der Waals surface area contributed by atoms with Crippen LogP contribution in [0.3, 0.4) is 0 Å². The molecular formula is C25H22ClF2N3O. The summed E-state index contributed by atoms with van der Waals surface area (Å²) in [6.45, 7) is 0.399. The quantitative estimate of drug-likeness (QED) is 0.452. The van der Waals surface area contributed by atoms with Gasteiger partial charge in [-0.15, -0.1) is 0 Å². The number of carbonyl (C=O) groups excluding carboxylic acids is 1. The molecule has 1 amide bonds. The summed E-state index contributed by atoms with van der Waals surface area (Å²) in [5.41, 5.74) is 1.54. The van der Waals surface area contributed by atoms with Crippen molar-refractivity contribution in [2.45, 2.75) is 25.0 Å². The first-order chi connectivity index (χ1) is 15.5. The van der Waals surface area contributed by atoms with Crippen molar-refractivity contribution in [1.82, 2.24) is 5.32 Å². The van der Waals surface area contributed by atoms with Crippen molar-refractivity contribution in [3.8, 4) is 0 Å². The molecule has 1 aliphatic heterocycles. The van der Waals surface area contributed by atoms with Crippen LogP contribution < -0.4 is 16.0 Å². The molecule has 3 aromatic rings. The number of halogens is 3. The minimum atomic E-state index is -1.06. The third-order valence-electron chi connectivity index (χ3n) is 6.18. The normalized spacial score (nSPS) is 17.1. The lowest BCUT2D eigenvalue weighted by Gasteiger charge is -2.38. The van der Waals surface area contributed by atoms with E-state index in [0.29, 0.717) is 22.9 Å². The molecule has 1 atom stereocenters. The fourth-order valence-electron chi connectivity index (χ4n) is 4.49. The van der Waals surface area contributed by atoms with Crippen LogP contribution in [0.15, 0.2) is 66.7 Å². The number of rotatable bonds is 6. The van der Waals surface area contributed by atoms with E-state index >= 15 is 0 Å². The maximum absolute atomic E-state index is 14.0. The summed E-state index contributed by atoms with van der Waals surface area (Å²) in [4.78, 5) is 13.6. The van der Waals surface area contributed by atoms with Crippen molar-refractivity contribution in [1.29, 1.82) is 0 Å². The Bertz CT molecular complexity index is 1120. The summed E-state index contributed by atoms with van der Waals surface area (Å²) < 4.78 is 28.0. The summed E-state index contributed by atoms with van der Waals surface area (Å²) >= 11 is 6.11. The van der Waals surface area contributed by atoms with E-state index in [9.17, 15) is 13.6 Å². The highest BCUT2D eigenvalue weighted by Crippen LogP contribution is 2.52. The van der Waals surface area contributed by atoms with Crippen LogP contribution in [0.25, 0.3) is 0 Å². The maximum Gasteiger partial charge on any atom is 0.228 e. The van der Waals surface area contributed by atoms with Crippen LogP contribution in [0.5, 0.6) is 0 Å². The fourth-order valence-corrected chi connectivity index (χ4v) is 4.62. The second-order valence-corrected chi connectivity index (χ2v) is 8.83. The van der Waals surface area contributed by atoms with E-state index in [2.05, 4.69) is 16.0 Å². The van der Waals surface area contributed by atoms with Gasteiger partial charge in [0.05, 0.1) is 17.3 Å². The Labute approximate surface area is 190 Å². The van der Waals surface area contributed by atoms with E-state index in [1.807, 2.05) is 42.5 Å². The summed E-state index contributed by atoms with van der Waals surface area (Å²) in [6, 6.07) is 19.1. The second-order valence-electron chi connectivity index (χ2n) is 8.40. The van der Waals surface area contributed by atoms with Crippen LogP contribution in [-0.2, 0) is 17.0 Å². The fraction of sp³-hybridized carbons (Fsp3) is 0.240. The Balaban J connectivity index is 1.53. The molecule has 1 saturated carbocycles. The lowest BCUT2D eigenvalue weighted by Crippen LogP contribution is -2.53. The first-order valence-electron chi connectivity index (χ1n) is 10.6. The van der Waals surface area contributed by atoms with E-state index in [-0.39, 0.29) is 11.8 Å². The Kier molecular flexibility index (Phi) is 5.25. The molecule has 0 saturated heterocycles. The highest BCUT2D eigenvalue weighted by Gasteiger charge is 2.54. The Morgan fingerprint density at radius 2 is 1.59 bits per heavy atom. The molecular weight excluding hydrogens is 432 g/mol. The maximum atomic E-state index is 14.0. The van der Waals surface area contributed by atoms with Crippen molar-refractivity contribution in [2.75, 3.05) is 10.6 Å². The van der Waals surface area contributed by atoms with Gasteiger partial charge in [0.2, 0.25) is 5.91 Å². The van der Waals surface area contributed by atoms with Gasteiger partial charge >= 0.3 is 0 Å². The number of hydrogen-bond donors (Lipinski definition) is 3. The van der Waals surface area contributed by atoms with Crippen LogP contribution in [0.4, 0.5) is 20.2 Å². The lowest BCUT2D eigenvalue weighted by molar-refractivity contribution is -0.127. The summed E-state index contributed by atoms with van der Waals surface area (Å²) in [6.07, 6.45) is 1.81. The topological polar surface area (TPSA) is 53.2 Å². The molecule has 7 heteroatoms. The molecule has 0 aromatic heterocycles. The van der Waals surface area contributed by atoms with Gasteiger partial charge in [-0.1, -0.05) is 54.1 Å². The second kappa shape index (κ2) is 8.10. The van der Waals surface area contributed by atoms with E-state index in [1.165, 1.54) is 0 Å². The highest BCUT2D eigenvalue weighted by atomic mass is 35.5. The zero-order valence-electron chi connectivity index (χ0n) is 17.2. The number of nitrogens with one attached hydrogen (secondary N) is 3. The smallest absolute Gasteiger partial charge is 0.228 e. The minimum absolute atomic E-state index is 0.125. The minimum Gasteiger partial charge on any atom is -0.357 e. The van der Waals surface area contributed by atoms with Gasteiger partial charge in [-0.3, -0.25) is 4.79 Å². The van der Waals surface area contributed by atoms with E-state index < -0.39 is 23.2 Å². The van der Waals surface area contributed by atoms with E-state index in [1.54, 1.807) is 12.1 Å². The average molecular weight is 454 g/mol. The van der Waals surface area contributed by atoms with Crippen LogP contribution in [0.1, 0.15) is 24.0 Å². The molecule has 5 rings (SSSR count). The molecule has 3 N–H and O–H groups in total. The largest absolute Gasteiger partial charge is 0.357 e. The van der Waals surface area contributed by atoms with Crippen LogP contribution in [-0.4, -0.2) is 5.91 Å². The number of carbonyl (C=O) groups is 1. The molecule has 3 aromatic carbocycles. The van der Waals surface area contributed by atoms with Gasteiger partial charge in [-0.05, 0) is 42.0 Å². The van der Waals surface area contributed by atoms with Gasteiger partial charge in [-0.25, -0.2) is 8.78 Å². The SMILES string of the molecule is O=C(NCc1ccccc1)C(C1CC1)C1(c2ccc(Cl)cc2)Nc2cc(F)c(F)cc2N1. The van der Waals surface area contributed by atoms with Crippen LogP contribution in [0, 0.1) is 23.5 Å². The van der Waals surface area contributed by atoms with Crippen molar-refractivity contribution >= 4 is 28.9 Å². The summed E-state index contributed by atoms with van der Waals surface area (Å²) in [7, 11) is 0. The molecule has 0 radical (unpaired) electrons. The van der Waals surface area contributed by atoms with Crippen molar-refractivity contribution in [3.63, 3.8) is 0 Å². The molecule has 1 aliphatic carbocycles. The standard InChI is InChI=1S/C25H22ClF2N3O/c26-18-10-8-17(9-11-18)25(30-21-12-19(27)20(28)13-22(21)31-25)23(16-6-7-16)24(32)29-14-15-4-2-1-3-5-15/h1-5,8-13,16,23,30-31H,6-7,14H2,(H,29,32). The first-order valence-corrected chi connectivity index (χ1v) is 11.0. The van der Waals surface area contributed by atoms with Crippen molar-refractivity contribution < 1.29 is 13.6 Å². The van der Waals surface area contributed by atoms with Gasteiger partial charge in [-0.2, -0.15) is 0 Å². The number of fused-ring (bicyclic) bond motifs is 1. The number of anilines is 2. The monoisotopic (exact) mass is 453 g/mol. The predicted molar refractivity (Wildman–Crippen MR) is 121 cm³/mol. The number of hydrogen-bond acceptors (Lipinski definition) is 3. The van der Waals surface area contributed by atoms with Crippen LogP contribution >= 0.6 is 11.6 Å². The van der Waals surface area contributed by atoms with Crippen LogP contribution in [0.2, 0.25) is 5.02 Å². The van der Waals surface area contributed by atoms with Gasteiger partial charge in [0, 0.05) is 23.7 Å². The van der Waals surface area contributed by atoms with E-state index in [4.69, 9.17) is 11.6 Å². The molecule has 2 aliphatic rings. The Morgan fingerprint density at radius 1 is 1.00 bits per heavy atom. The zero-order valence-corrected chi connectivity index (χ0v) is 17.9. The van der Waals surface area contributed by atoms with Crippen molar-refractivity contribution in [3.05, 3.63) is 94.5 Å². The molecule has 1 unspecified atom stereocenters. The highest BCUT2D eigenvalue weighted by molar-refractivity contribution is 6.30. The van der Waals surface area contributed by atoms with Gasteiger partial charge in [0.25, 0.3) is 0 Å². The van der Waals surface area contributed by atoms with Crippen molar-refractivity contribution in [2.24, 2.45) is 11.8 Å². The Hall–Kier alpha value is -3.12. The van der Waals surface area contributed by atoms with E-state index in [0.717, 1.165) is 36.1 Å². The molecule has 1 fully saturated rings. The predicted octanol–water partition coefficient (Wildman–Crippen LogP) is 5.65. The number of benzene rings is 3. The Morgan fingerprint density at radius 3 is 2.16 bits per heavy atom.